The summed E-state index contributed by atoms with van der Waals surface area (Å²) in [6, 6.07) is 0.573. The third-order valence-electron chi connectivity index (χ3n) is 11.1. The summed E-state index contributed by atoms with van der Waals surface area (Å²) < 4.78 is 23.3. The Morgan fingerprint density at radius 1 is 1.07 bits per heavy atom. The van der Waals surface area contributed by atoms with Crippen molar-refractivity contribution in [2.75, 3.05) is 26.2 Å². The first kappa shape index (κ1) is 45.6. The Morgan fingerprint density at radius 2 is 1.72 bits per heavy atom. The number of esters is 2. The fourth-order valence-corrected chi connectivity index (χ4v) is 7.91. The van der Waals surface area contributed by atoms with Crippen LogP contribution in [-0.4, -0.2) is 123 Å². The molecule has 54 heavy (non-hydrogen) atoms. The van der Waals surface area contributed by atoms with Crippen LogP contribution in [0.3, 0.4) is 0 Å². The molecule has 0 bridgehead atoms. The Morgan fingerprint density at radius 3 is 2.33 bits per heavy atom. The highest BCUT2D eigenvalue weighted by molar-refractivity contribution is 5.70. The first-order chi connectivity index (χ1) is 25.4. The van der Waals surface area contributed by atoms with E-state index >= 15 is 0 Å². The lowest BCUT2D eigenvalue weighted by atomic mass is 9.88. The fourth-order valence-electron chi connectivity index (χ4n) is 7.91. The van der Waals surface area contributed by atoms with E-state index in [1.165, 1.54) is 45.4 Å². The molecule has 1 amide bonds. The van der Waals surface area contributed by atoms with Gasteiger partial charge in [0.05, 0.1) is 30.3 Å². The van der Waals surface area contributed by atoms with E-state index in [1.54, 1.807) is 49.1 Å². The van der Waals surface area contributed by atoms with Crippen LogP contribution in [0.15, 0.2) is 36.0 Å². The van der Waals surface area contributed by atoms with Gasteiger partial charge in [0, 0.05) is 51.5 Å². The molecule has 0 aromatic heterocycles. The van der Waals surface area contributed by atoms with Gasteiger partial charge in [-0.15, -0.1) is 0 Å². The van der Waals surface area contributed by atoms with Gasteiger partial charge >= 0.3 is 18.0 Å². The van der Waals surface area contributed by atoms with Gasteiger partial charge in [0.15, 0.2) is 6.10 Å². The summed E-state index contributed by atoms with van der Waals surface area (Å²) in [4.78, 5) is 42.1. The number of hydrogen-bond acceptors (Lipinski definition) is 11. The molecule has 3 N–H and O–H groups in total. The van der Waals surface area contributed by atoms with Crippen LogP contribution in [0.2, 0.25) is 0 Å². The summed E-state index contributed by atoms with van der Waals surface area (Å²) in [7, 11) is 0. The third kappa shape index (κ3) is 15.0. The number of aliphatic hydroxyl groups is 3. The minimum Gasteiger partial charge on any atom is -0.460 e. The molecule has 308 valence electrons. The van der Waals surface area contributed by atoms with Crippen molar-refractivity contribution in [1.29, 1.82) is 0 Å². The zero-order chi connectivity index (χ0) is 40.1. The molecular formula is C42H70N2O10. The molecule has 9 atom stereocenters. The molecule has 3 aliphatic rings. The van der Waals surface area contributed by atoms with E-state index in [4.69, 9.17) is 18.9 Å². The van der Waals surface area contributed by atoms with Crippen LogP contribution in [0, 0.1) is 5.92 Å². The highest BCUT2D eigenvalue weighted by Crippen LogP contribution is 2.29. The normalized spacial score (nSPS) is 30.8. The van der Waals surface area contributed by atoms with Gasteiger partial charge in [-0.05, 0) is 78.4 Å². The molecule has 12 nitrogen and oxygen atoms in total. The van der Waals surface area contributed by atoms with Crippen molar-refractivity contribution in [1.82, 2.24) is 9.80 Å². The van der Waals surface area contributed by atoms with Crippen LogP contribution in [0.25, 0.3) is 0 Å². The van der Waals surface area contributed by atoms with E-state index < -0.39 is 47.5 Å². The largest absolute Gasteiger partial charge is 0.460 e. The van der Waals surface area contributed by atoms with Crippen molar-refractivity contribution < 1.29 is 48.7 Å². The van der Waals surface area contributed by atoms with Crippen molar-refractivity contribution in [3.05, 3.63) is 36.0 Å². The number of carbonyl (C=O) groups excluding carboxylic acids is 3. The van der Waals surface area contributed by atoms with Gasteiger partial charge in [-0.3, -0.25) is 14.5 Å². The molecule has 2 heterocycles. The maximum absolute atomic E-state index is 13.5. The molecule has 2 fully saturated rings. The predicted molar refractivity (Wildman–Crippen MR) is 208 cm³/mol. The SMILES string of the molecule is CC[C@H](OC(C)=O)[C@@H](C)O[C@@H](C)C[C@@](C)(O)/C=C/C=C(\C)[C@H]1OC(=O)C[C@H](O)CC[C@@](C)(O)[C@@H](OC(=O)N2CCN(C3CCCCCC3)CC2)/C=C/[C@@H]1C. The summed E-state index contributed by atoms with van der Waals surface area (Å²) in [6.07, 6.45) is 12.6. The van der Waals surface area contributed by atoms with Gasteiger partial charge in [-0.25, -0.2) is 4.79 Å². The van der Waals surface area contributed by atoms with Crippen LogP contribution < -0.4 is 0 Å². The Labute approximate surface area is 323 Å². The number of nitrogens with zero attached hydrogens (tertiary/aromatic N) is 2. The topological polar surface area (TPSA) is 155 Å². The molecule has 0 aromatic carbocycles. The third-order valence-corrected chi connectivity index (χ3v) is 11.1. The van der Waals surface area contributed by atoms with E-state index in [9.17, 15) is 29.7 Å². The second-order valence-electron chi connectivity index (χ2n) is 16.4. The maximum Gasteiger partial charge on any atom is 0.410 e. The second-order valence-corrected chi connectivity index (χ2v) is 16.4. The Bertz CT molecular complexity index is 1280. The van der Waals surface area contributed by atoms with E-state index in [1.807, 2.05) is 34.6 Å². The number of allylic oxidation sites excluding steroid dienone is 2. The maximum atomic E-state index is 13.5. The summed E-state index contributed by atoms with van der Waals surface area (Å²) in [5.41, 5.74) is -2.04. The molecule has 2 aliphatic heterocycles. The summed E-state index contributed by atoms with van der Waals surface area (Å²) in [6.45, 7) is 16.7. The molecule has 1 aliphatic carbocycles. The molecule has 12 heteroatoms. The number of hydrogen-bond donors (Lipinski definition) is 3. The summed E-state index contributed by atoms with van der Waals surface area (Å²) in [5, 5.41) is 33.4. The molecule has 1 saturated heterocycles. The molecule has 0 aromatic rings. The number of piperazine rings is 1. The van der Waals surface area contributed by atoms with Gasteiger partial charge in [-0.2, -0.15) is 0 Å². The van der Waals surface area contributed by atoms with Crippen molar-refractivity contribution in [2.24, 2.45) is 5.92 Å². The number of ether oxygens (including phenoxy) is 4. The lowest BCUT2D eigenvalue weighted by molar-refractivity contribution is -0.158. The van der Waals surface area contributed by atoms with E-state index in [0.29, 0.717) is 31.1 Å². The zero-order valence-corrected chi connectivity index (χ0v) is 34.2. The predicted octanol–water partition coefficient (Wildman–Crippen LogP) is 6.01. The second kappa shape index (κ2) is 21.5. The number of carbonyl (C=O) groups is 3. The number of aliphatic hydroxyl groups excluding tert-OH is 1. The standard InChI is InChI=1S/C42H70N2O10/c1-9-36(52-33(6)45)32(5)51-31(4)28-41(7,49)21-14-15-29(2)39-30(3)18-19-37(42(8,50)22-20-35(46)27-38(47)54-39)53-40(48)44-25-23-43(24-26-44)34-16-12-10-11-13-17-34/h14-15,18-19,21,30-32,34-37,39,46,49-50H,9-13,16-17,20,22-28H2,1-8H3/b19-18+,21-14+,29-15+/t30-,31-,32+,35+,36-,37-,39+,41-,42+/m0/s1. The van der Waals surface area contributed by atoms with Gasteiger partial charge in [0.25, 0.3) is 0 Å². The smallest absolute Gasteiger partial charge is 0.410 e. The molecule has 0 spiro atoms. The average molecular weight is 763 g/mol. The molecular weight excluding hydrogens is 692 g/mol. The monoisotopic (exact) mass is 763 g/mol. The highest BCUT2D eigenvalue weighted by atomic mass is 16.6. The molecule has 1 saturated carbocycles. The lowest BCUT2D eigenvalue weighted by Crippen LogP contribution is -2.53. The molecule has 3 rings (SSSR count). The highest BCUT2D eigenvalue weighted by Gasteiger charge is 2.37. The van der Waals surface area contributed by atoms with Gasteiger partial charge < -0.3 is 39.2 Å². The van der Waals surface area contributed by atoms with E-state index in [-0.39, 0.29) is 50.0 Å². The fraction of sp³-hybridized carbons (Fsp3) is 0.786. The van der Waals surface area contributed by atoms with Crippen molar-refractivity contribution >= 4 is 18.0 Å². The average Bonchev–Trinajstić information content (AvgIpc) is 3.39. The Hall–Kier alpha value is -2.77. The first-order valence-electron chi connectivity index (χ1n) is 20.3. The van der Waals surface area contributed by atoms with E-state index in [2.05, 4.69) is 4.90 Å². The van der Waals surface area contributed by atoms with Crippen molar-refractivity contribution in [3.8, 4) is 0 Å². The van der Waals surface area contributed by atoms with E-state index in [0.717, 1.165) is 13.1 Å². The lowest BCUT2D eigenvalue weighted by Gasteiger charge is -2.40. The minimum absolute atomic E-state index is 0.106. The summed E-state index contributed by atoms with van der Waals surface area (Å²) >= 11 is 0. The molecule has 0 radical (unpaired) electrons. The Kier molecular flexibility index (Phi) is 18.2. The Balaban J connectivity index is 1.70. The van der Waals surface area contributed by atoms with Gasteiger partial charge in [-0.1, -0.05) is 63.8 Å². The van der Waals surface area contributed by atoms with Crippen LogP contribution >= 0.6 is 0 Å². The zero-order valence-electron chi connectivity index (χ0n) is 34.2. The number of rotatable bonds is 12. The quantitative estimate of drug-likeness (QED) is 0.0704. The molecule has 0 unspecified atom stereocenters. The minimum atomic E-state index is -1.50. The first-order valence-corrected chi connectivity index (χ1v) is 20.3. The van der Waals surface area contributed by atoms with Crippen LogP contribution in [0.1, 0.15) is 126 Å². The number of cyclic esters (lactones) is 1. The van der Waals surface area contributed by atoms with Gasteiger partial charge in [0.1, 0.15) is 17.8 Å². The van der Waals surface area contributed by atoms with Crippen molar-refractivity contribution in [3.63, 3.8) is 0 Å². The van der Waals surface area contributed by atoms with Gasteiger partial charge in [0.2, 0.25) is 0 Å². The summed E-state index contributed by atoms with van der Waals surface area (Å²) in [5.74, 6) is -1.33. The van der Waals surface area contributed by atoms with Crippen LogP contribution in [0.5, 0.6) is 0 Å². The van der Waals surface area contributed by atoms with Crippen LogP contribution in [-0.2, 0) is 28.5 Å². The van der Waals surface area contributed by atoms with Crippen LogP contribution in [0.4, 0.5) is 4.79 Å². The number of amides is 1. The van der Waals surface area contributed by atoms with Crippen molar-refractivity contribution in [2.45, 2.75) is 180 Å².